The summed E-state index contributed by atoms with van der Waals surface area (Å²) in [5, 5.41) is 0. The Labute approximate surface area is 57.6 Å². The van der Waals surface area contributed by atoms with E-state index in [-0.39, 0.29) is 39.9 Å². The zero-order valence-electron chi connectivity index (χ0n) is 3.30. The Morgan fingerprint density at radius 2 is 1.50 bits per heavy atom. The van der Waals surface area contributed by atoms with E-state index in [4.69, 9.17) is 0 Å². The molecule has 0 spiro atoms. The molecule has 0 aromatic heterocycles. The van der Waals surface area contributed by atoms with Crippen molar-refractivity contribution in [2.45, 2.75) is 6.92 Å². The van der Waals surface area contributed by atoms with Gasteiger partial charge in [0, 0.05) is 6.92 Å². The Balaban J connectivity index is -0.0000000450. The molecule has 0 aromatic rings. The summed E-state index contributed by atoms with van der Waals surface area (Å²) in [7, 11) is 0. The van der Waals surface area contributed by atoms with Crippen LogP contribution in [0, 0.1) is 0 Å². The molecule has 0 heterocycles. The van der Waals surface area contributed by atoms with Gasteiger partial charge in [0.2, 0.25) is 5.91 Å². The number of carbonyl (C=O) groups is 1. The minimum atomic E-state index is -0.333. The molecule has 0 saturated heterocycles. The lowest BCUT2D eigenvalue weighted by Crippen LogP contribution is -2.01. The SMILES string of the molecule is Br.Br.CC(N)=O. The van der Waals surface area contributed by atoms with Crippen LogP contribution in [0.5, 0.6) is 0 Å². The van der Waals surface area contributed by atoms with E-state index in [1.54, 1.807) is 0 Å². The largest absolute Gasteiger partial charge is 0.370 e. The summed E-state index contributed by atoms with van der Waals surface area (Å²) in [5.74, 6) is -0.333. The van der Waals surface area contributed by atoms with E-state index in [2.05, 4.69) is 5.73 Å². The molecule has 0 aromatic carbocycles. The monoisotopic (exact) mass is 219 g/mol. The maximum atomic E-state index is 9.22. The fourth-order valence-electron chi connectivity index (χ4n) is 0. The van der Waals surface area contributed by atoms with Crippen LogP contribution in [0.15, 0.2) is 0 Å². The van der Waals surface area contributed by atoms with Crippen LogP contribution in [0.3, 0.4) is 0 Å². The van der Waals surface area contributed by atoms with Gasteiger partial charge in [-0.25, -0.2) is 0 Å². The Morgan fingerprint density at radius 1 is 1.50 bits per heavy atom. The number of amides is 1. The highest BCUT2D eigenvalue weighted by Crippen LogP contribution is 1.33. The first-order chi connectivity index (χ1) is 1.73. The first-order valence-electron chi connectivity index (χ1n) is 0.993. The molecule has 0 bridgehead atoms. The van der Waals surface area contributed by atoms with Gasteiger partial charge < -0.3 is 5.73 Å². The van der Waals surface area contributed by atoms with Crippen LogP contribution in [0.1, 0.15) is 6.92 Å². The van der Waals surface area contributed by atoms with Crippen molar-refractivity contribution in [3.63, 3.8) is 0 Å². The van der Waals surface area contributed by atoms with Gasteiger partial charge in [0.15, 0.2) is 0 Å². The lowest BCUT2D eigenvalue weighted by atomic mass is 10.8. The highest BCUT2D eigenvalue weighted by atomic mass is 79.9. The fourth-order valence-corrected chi connectivity index (χ4v) is 0. The maximum absolute atomic E-state index is 9.22. The molecule has 2 N–H and O–H groups in total. The molecular weight excluding hydrogens is 214 g/mol. The van der Waals surface area contributed by atoms with E-state index < -0.39 is 0 Å². The van der Waals surface area contributed by atoms with Crippen LogP contribution in [0.25, 0.3) is 0 Å². The topological polar surface area (TPSA) is 43.1 Å². The lowest BCUT2D eigenvalue weighted by molar-refractivity contribution is -0.115. The van der Waals surface area contributed by atoms with Gasteiger partial charge in [0.1, 0.15) is 0 Å². The zero-order valence-corrected chi connectivity index (χ0v) is 6.73. The van der Waals surface area contributed by atoms with Crippen molar-refractivity contribution < 1.29 is 4.79 Å². The number of nitrogens with two attached hydrogens (primary N) is 1. The fraction of sp³-hybridized carbons (Fsp3) is 0.500. The standard InChI is InChI=1S/C2H5NO.2BrH/c1-2(3)4;;/h1H3,(H2,3,4);2*1H. The predicted molar refractivity (Wildman–Crippen MR) is 35.5 cm³/mol. The second kappa shape index (κ2) is 9.06. The average Bonchev–Trinajstić information content (AvgIpc) is 0.811. The molecule has 0 unspecified atom stereocenters. The van der Waals surface area contributed by atoms with Crippen molar-refractivity contribution in [1.29, 1.82) is 0 Å². The molecule has 6 heavy (non-hydrogen) atoms. The Bertz CT molecular complexity index is 34.5. The smallest absolute Gasteiger partial charge is 0.214 e. The van der Waals surface area contributed by atoms with Gasteiger partial charge in [-0.15, -0.1) is 34.0 Å². The molecule has 0 aliphatic rings. The second-order valence-electron chi connectivity index (χ2n) is 0.611. The van der Waals surface area contributed by atoms with Crippen molar-refractivity contribution >= 4 is 39.9 Å². The molecule has 40 valence electrons. The molecule has 0 aliphatic heterocycles. The van der Waals surface area contributed by atoms with Gasteiger partial charge in [-0.05, 0) is 0 Å². The highest BCUT2D eigenvalue weighted by Gasteiger charge is 1.61. The van der Waals surface area contributed by atoms with Crippen LogP contribution in [0.4, 0.5) is 0 Å². The van der Waals surface area contributed by atoms with Crippen LogP contribution < -0.4 is 5.73 Å². The molecule has 0 aliphatic carbocycles. The molecule has 0 radical (unpaired) electrons. The minimum absolute atomic E-state index is 0. The first-order valence-corrected chi connectivity index (χ1v) is 0.993. The van der Waals surface area contributed by atoms with Gasteiger partial charge in [-0.2, -0.15) is 0 Å². The molecule has 0 atom stereocenters. The third kappa shape index (κ3) is 282. The third-order valence-corrected chi connectivity index (χ3v) is 0. The van der Waals surface area contributed by atoms with E-state index in [9.17, 15) is 4.79 Å². The van der Waals surface area contributed by atoms with E-state index in [1.165, 1.54) is 6.92 Å². The van der Waals surface area contributed by atoms with Crippen molar-refractivity contribution in [2.24, 2.45) is 5.73 Å². The number of rotatable bonds is 0. The molecule has 1 amide bonds. The Morgan fingerprint density at radius 3 is 1.50 bits per heavy atom. The second-order valence-corrected chi connectivity index (χ2v) is 0.611. The van der Waals surface area contributed by atoms with Gasteiger partial charge >= 0.3 is 0 Å². The number of halogens is 2. The Hall–Kier alpha value is 0.430. The highest BCUT2D eigenvalue weighted by molar-refractivity contribution is 8.93. The van der Waals surface area contributed by atoms with E-state index in [1.807, 2.05) is 0 Å². The van der Waals surface area contributed by atoms with E-state index >= 15 is 0 Å². The lowest BCUT2D eigenvalue weighted by Gasteiger charge is -1.60. The van der Waals surface area contributed by atoms with Gasteiger partial charge in [-0.3, -0.25) is 4.79 Å². The van der Waals surface area contributed by atoms with Crippen LogP contribution >= 0.6 is 34.0 Å². The first kappa shape index (κ1) is 16.1. The van der Waals surface area contributed by atoms with E-state index in [0.29, 0.717) is 0 Å². The third-order valence-electron chi connectivity index (χ3n) is 0. The van der Waals surface area contributed by atoms with Crippen molar-refractivity contribution in [2.75, 3.05) is 0 Å². The van der Waals surface area contributed by atoms with Crippen molar-refractivity contribution in [3.8, 4) is 0 Å². The number of carbonyl (C=O) groups excluding carboxylic acids is 1. The summed E-state index contributed by atoms with van der Waals surface area (Å²) in [4.78, 5) is 9.22. The molecule has 2 nitrogen and oxygen atoms in total. The molecule has 0 saturated carbocycles. The van der Waals surface area contributed by atoms with Crippen molar-refractivity contribution in [1.82, 2.24) is 0 Å². The molecular formula is C2H7Br2NO. The molecule has 4 heteroatoms. The van der Waals surface area contributed by atoms with E-state index in [0.717, 1.165) is 0 Å². The summed E-state index contributed by atoms with van der Waals surface area (Å²) in [6.07, 6.45) is 0. The predicted octanol–water partition coefficient (Wildman–Crippen LogP) is 0.647. The van der Waals surface area contributed by atoms with Crippen LogP contribution in [-0.2, 0) is 4.79 Å². The van der Waals surface area contributed by atoms with Crippen LogP contribution in [0.2, 0.25) is 0 Å². The summed E-state index contributed by atoms with van der Waals surface area (Å²) in [6, 6.07) is 0. The van der Waals surface area contributed by atoms with Gasteiger partial charge in [0.25, 0.3) is 0 Å². The van der Waals surface area contributed by atoms with Crippen molar-refractivity contribution in [3.05, 3.63) is 0 Å². The minimum Gasteiger partial charge on any atom is -0.370 e. The number of primary amides is 1. The summed E-state index contributed by atoms with van der Waals surface area (Å²) >= 11 is 0. The summed E-state index contributed by atoms with van der Waals surface area (Å²) in [6.45, 7) is 1.31. The zero-order chi connectivity index (χ0) is 3.58. The van der Waals surface area contributed by atoms with Gasteiger partial charge in [0.05, 0.1) is 0 Å². The number of hydrogen-bond donors (Lipinski definition) is 1. The molecule has 0 rings (SSSR count). The van der Waals surface area contributed by atoms with Gasteiger partial charge in [-0.1, -0.05) is 0 Å². The summed E-state index contributed by atoms with van der Waals surface area (Å²) in [5.41, 5.74) is 4.47. The normalized spacial score (nSPS) is 4.17. The molecule has 0 fully saturated rings. The average molecular weight is 221 g/mol. The summed E-state index contributed by atoms with van der Waals surface area (Å²) < 4.78 is 0. The maximum Gasteiger partial charge on any atom is 0.214 e. The Kier molecular flexibility index (Phi) is 24.3. The number of hydrogen-bond acceptors (Lipinski definition) is 1. The quantitative estimate of drug-likeness (QED) is 0.640. The van der Waals surface area contributed by atoms with Crippen LogP contribution in [-0.4, -0.2) is 5.91 Å².